The Balaban J connectivity index is 2.81. The molecule has 17 heavy (non-hydrogen) atoms. The van der Waals surface area contributed by atoms with E-state index in [1.165, 1.54) is 0 Å². The maximum Gasteiger partial charge on any atom is 0.231 e. The van der Waals surface area contributed by atoms with Gasteiger partial charge in [-0.1, -0.05) is 25.9 Å². The van der Waals surface area contributed by atoms with Crippen LogP contribution in [0.25, 0.3) is 0 Å². The molecule has 0 aromatic carbocycles. The van der Waals surface area contributed by atoms with Gasteiger partial charge < -0.3 is 9.84 Å². The molecule has 1 heterocycles. The second kappa shape index (κ2) is 7.01. The normalized spacial score (nSPS) is 15.2. The first-order valence-electron chi connectivity index (χ1n) is 6.14. The first kappa shape index (κ1) is 14.5. The Morgan fingerprint density at radius 2 is 2.06 bits per heavy atom. The van der Waals surface area contributed by atoms with E-state index < -0.39 is 0 Å². The number of nitrogens with zero attached hydrogens (tertiary/aromatic N) is 2. The summed E-state index contributed by atoms with van der Waals surface area (Å²) in [5.41, 5.74) is 0. The molecule has 0 bridgehead atoms. The molecule has 0 aliphatic heterocycles. The van der Waals surface area contributed by atoms with Crippen LogP contribution in [-0.2, 0) is 5.75 Å². The van der Waals surface area contributed by atoms with Crippen molar-refractivity contribution in [2.24, 2.45) is 5.92 Å². The van der Waals surface area contributed by atoms with Gasteiger partial charge in [0.2, 0.25) is 5.89 Å². The highest BCUT2D eigenvalue weighted by Gasteiger charge is 2.27. The van der Waals surface area contributed by atoms with E-state index in [0.717, 1.165) is 24.0 Å². The van der Waals surface area contributed by atoms with Crippen LogP contribution in [-0.4, -0.2) is 29.0 Å². The van der Waals surface area contributed by atoms with Gasteiger partial charge in [-0.15, -0.1) is 0 Å². The zero-order valence-electron chi connectivity index (χ0n) is 11.4. The molecule has 0 saturated carbocycles. The molecule has 0 saturated heterocycles. The maximum atomic E-state index is 5.39. The number of hydrogen-bond acceptors (Lipinski definition) is 5. The van der Waals surface area contributed by atoms with Crippen molar-refractivity contribution in [1.29, 1.82) is 0 Å². The van der Waals surface area contributed by atoms with Crippen molar-refractivity contribution in [2.45, 2.75) is 45.4 Å². The molecule has 1 rings (SSSR count). The van der Waals surface area contributed by atoms with Crippen LogP contribution in [0.3, 0.4) is 0 Å². The molecule has 0 aliphatic carbocycles. The Hall–Kier alpha value is -0.550. The molecular weight excluding hydrogens is 234 g/mol. The lowest BCUT2D eigenvalue weighted by Crippen LogP contribution is -2.34. The summed E-state index contributed by atoms with van der Waals surface area (Å²) in [7, 11) is 0. The number of nitrogens with one attached hydrogen (secondary N) is 1. The van der Waals surface area contributed by atoms with Gasteiger partial charge in [-0.2, -0.15) is 16.7 Å². The summed E-state index contributed by atoms with van der Waals surface area (Å²) in [4.78, 5) is 4.49. The summed E-state index contributed by atoms with van der Waals surface area (Å²) < 4.78 is 5.39. The molecule has 0 spiro atoms. The molecule has 0 radical (unpaired) electrons. The van der Waals surface area contributed by atoms with Crippen LogP contribution >= 0.6 is 11.8 Å². The second-order valence-electron chi connectivity index (χ2n) is 4.60. The molecule has 5 heteroatoms. The van der Waals surface area contributed by atoms with Crippen LogP contribution in [0.5, 0.6) is 0 Å². The van der Waals surface area contributed by atoms with Crippen molar-refractivity contribution in [3.05, 3.63) is 11.7 Å². The van der Waals surface area contributed by atoms with Gasteiger partial charge in [0.1, 0.15) is 0 Å². The minimum atomic E-state index is 0.276. The highest BCUT2D eigenvalue weighted by molar-refractivity contribution is 7.97. The molecule has 98 valence electrons. The fourth-order valence-electron chi connectivity index (χ4n) is 2.12. The van der Waals surface area contributed by atoms with Crippen LogP contribution in [0.1, 0.15) is 45.3 Å². The van der Waals surface area contributed by atoms with Crippen molar-refractivity contribution in [3.63, 3.8) is 0 Å². The van der Waals surface area contributed by atoms with E-state index in [0.29, 0.717) is 12.0 Å². The summed E-state index contributed by atoms with van der Waals surface area (Å²) in [5, 5.41) is 7.45. The van der Waals surface area contributed by atoms with Crippen LogP contribution < -0.4 is 5.32 Å². The number of aromatic nitrogens is 2. The van der Waals surface area contributed by atoms with Crippen molar-refractivity contribution < 1.29 is 4.52 Å². The minimum absolute atomic E-state index is 0.276. The Morgan fingerprint density at radius 1 is 1.35 bits per heavy atom. The maximum absolute atomic E-state index is 5.39. The molecule has 1 N–H and O–H groups in total. The Kier molecular flexibility index (Phi) is 5.98. The Labute approximate surface area is 108 Å². The predicted molar refractivity (Wildman–Crippen MR) is 72.2 cm³/mol. The summed E-state index contributed by atoms with van der Waals surface area (Å²) in [5.74, 6) is 3.12. The van der Waals surface area contributed by atoms with E-state index in [1.807, 2.05) is 6.26 Å². The standard InChI is InChI=1S/C12H23N3OS/c1-6-13-9(4)11(8(2)3)12-14-10(7-17-5)15-16-12/h8-9,11,13H,6-7H2,1-5H3. The second-order valence-corrected chi connectivity index (χ2v) is 5.46. The topological polar surface area (TPSA) is 51.0 Å². The fourth-order valence-corrected chi connectivity index (χ4v) is 2.49. The molecule has 4 nitrogen and oxygen atoms in total. The summed E-state index contributed by atoms with van der Waals surface area (Å²) >= 11 is 1.71. The van der Waals surface area contributed by atoms with E-state index in [9.17, 15) is 0 Å². The van der Waals surface area contributed by atoms with Gasteiger partial charge in [-0.25, -0.2) is 0 Å². The first-order valence-corrected chi connectivity index (χ1v) is 7.54. The van der Waals surface area contributed by atoms with Crippen molar-refractivity contribution in [3.8, 4) is 0 Å². The van der Waals surface area contributed by atoms with Gasteiger partial charge in [0.15, 0.2) is 5.82 Å². The van der Waals surface area contributed by atoms with Gasteiger partial charge in [-0.05, 0) is 25.6 Å². The highest BCUT2D eigenvalue weighted by Crippen LogP contribution is 2.27. The Bertz CT molecular complexity index is 327. The molecule has 2 atom stereocenters. The largest absolute Gasteiger partial charge is 0.339 e. The van der Waals surface area contributed by atoms with Crippen molar-refractivity contribution in [2.75, 3.05) is 12.8 Å². The summed E-state index contributed by atoms with van der Waals surface area (Å²) in [6.07, 6.45) is 2.04. The first-order chi connectivity index (χ1) is 8.10. The molecule has 1 aromatic rings. The van der Waals surface area contributed by atoms with E-state index in [-0.39, 0.29) is 5.92 Å². The SMILES string of the molecule is CCNC(C)C(c1nc(CSC)no1)C(C)C. The van der Waals surface area contributed by atoms with E-state index >= 15 is 0 Å². The summed E-state index contributed by atoms with van der Waals surface area (Å²) in [6, 6.07) is 0.350. The quantitative estimate of drug-likeness (QED) is 0.814. The lowest BCUT2D eigenvalue weighted by Gasteiger charge is -2.24. The number of likely N-dealkylation sites (N-methyl/N-ethyl adjacent to an activating group) is 1. The predicted octanol–water partition coefficient (Wildman–Crippen LogP) is 2.67. The third-order valence-corrected chi connectivity index (χ3v) is 3.37. The van der Waals surface area contributed by atoms with Gasteiger partial charge >= 0.3 is 0 Å². The zero-order valence-corrected chi connectivity index (χ0v) is 12.2. The molecule has 1 aromatic heterocycles. The van der Waals surface area contributed by atoms with E-state index in [4.69, 9.17) is 4.52 Å². The molecule has 0 amide bonds. The fraction of sp³-hybridized carbons (Fsp3) is 0.833. The van der Waals surface area contributed by atoms with Crippen molar-refractivity contribution in [1.82, 2.24) is 15.5 Å². The average molecular weight is 257 g/mol. The van der Waals surface area contributed by atoms with Crippen LogP contribution in [0.15, 0.2) is 4.52 Å². The van der Waals surface area contributed by atoms with Gasteiger partial charge in [-0.3, -0.25) is 0 Å². The highest BCUT2D eigenvalue weighted by atomic mass is 32.2. The number of hydrogen-bond donors (Lipinski definition) is 1. The summed E-state index contributed by atoms with van der Waals surface area (Å²) in [6.45, 7) is 9.62. The lowest BCUT2D eigenvalue weighted by molar-refractivity contribution is 0.280. The number of rotatable bonds is 7. The zero-order chi connectivity index (χ0) is 12.8. The van der Waals surface area contributed by atoms with Gasteiger partial charge in [0, 0.05) is 6.04 Å². The Morgan fingerprint density at radius 3 is 2.59 bits per heavy atom. The molecule has 0 fully saturated rings. The minimum Gasteiger partial charge on any atom is -0.339 e. The average Bonchev–Trinajstić information content (AvgIpc) is 2.67. The van der Waals surface area contributed by atoms with Crippen LogP contribution in [0.4, 0.5) is 0 Å². The van der Waals surface area contributed by atoms with Gasteiger partial charge in [0.25, 0.3) is 0 Å². The van der Waals surface area contributed by atoms with Crippen molar-refractivity contribution >= 4 is 11.8 Å². The smallest absolute Gasteiger partial charge is 0.231 e. The van der Waals surface area contributed by atoms with E-state index in [2.05, 4.69) is 43.2 Å². The van der Waals surface area contributed by atoms with Gasteiger partial charge in [0.05, 0.1) is 11.7 Å². The number of thioether (sulfide) groups is 1. The third kappa shape index (κ3) is 4.00. The van der Waals surface area contributed by atoms with Crippen LogP contribution in [0, 0.1) is 5.92 Å². The van der Waals surface area contributed by atoms with Crippen LogP contribution in [0.2, 0.25) is 0 Å². The molecule has 0 aliphatic rings. The monoisotopic (exact) mass is 257 g/mol. The van der Waals surface area contributed by atoms with E-state index in [1.54, 1.807) is 11.8 Å². The molecular formula is C12H23N3OS. The molecule has 2 unspecified atom stereocenters. The third-order valence-electron chi connectivity index (χ3n) is 2.83. The lowest BCUT2D eigenvalue weighted by atomic mass is 9.89.